The largest absolute Gasteiger partial charge is 0.310 e. The van der Waals surface area contributed by atoms with Gasteiger partial charge in [-0.25, -0.2) is 0 Å². The number of hydrogen-bond donors (Lipinski definition) is 1. The molecule has 1 aromatic carbocycles. The molecule has 0 fully saturated rings. The molecule has 0 spiro atoms. The van der Waals surface area contributed by atoms with E-state index in [1.165, 1.54) is 16.7 Å². The molecule has 1 N–H and O–H groups in total. The first-order valence-corrected chi connectivity index (χ1v) is 8.10. The first-order valence-electron chi connectivity index (χ1n) is 8.10. The third-order valence-electron chi connectivity index (χ3n) is 3.88. The Bertz CT molecular complexity index is 528. The van der Waals surface area contributed by atoms with Gasteiger partial charge in [0.15, 0.2) is 0 Å². The van der Waals surface area contributed by atoms with Crippen LogP contribution in [-0.4, -0.2) is 16.3 Å². The number of nitrogens with zero attached hydrogens (tertiary/aromatic N) is 2. The second kappa shape index (κ2) is 7.99. The molecule has 0 radical (unpaired) electrons. The topological polar surface area (TPSA) is 29.9 Å². The van der Waals surface area contributed by atoms with Crippen LogP contribution in [0.1, 0.15) is 49.9 Å². The number of aromatic nitrogens is 2. The van der Waals surface area contributed by atoms with Gasteiger partial charge in [-0.15, -0.1) is 0 Å². The molecule has 3 heteroatoms. The zero-order valence-corrected chi connectivity index (χ0v) is 13.5. The van der Waals surface area contributed by atoms with Crippen LogP contribution in [0.3, 0.4) is 0 Å². The lowest BCUT2D eigenvalue weighted by molar-refractivity contribution is 0.529. The normalized spacial score (nSPS) is 12.5. The fourth-order valence-corrected chi connectivity index (χ4v) is 2.53. The Morgan fingerprint density at radius 1 is 1.10 bits per heavy atom. The van der Waals surface area contributed by atoms with Crippen molar-refractivity contribution in [2.24, 2.45) is 0 Å². The standard InChI is InChI=1S/C18H27N3/c1-4-11-19-18(12-16-13-20-21(6-3)14-16)17-9-7-15(5-2)8-10-17/h7-10,13-14,18-19H,4-6,11-12H2,1-3H3. The van der Waals surface area contributed by atoms with Crippen molar-refractivity contribution in [2.45, 2.75) is 52.6 Å². The fourth-order valence-electron chi connectivity index (χ4n) is 2.53. The Hall–Kier alpha value is -1.61. The third kappa shape index (κ3) is 4.43. The van der Waals surface area contributed by atoms with E-state index in [1.807, 2.05) is 10.9 Å². The molecule has 0 aliphatic carbocycles. The van der Waals surface area contributed by atoms with Crippen LogP contribution in [0.5, 0.6) is 0 Å². The van der Waals surface area contributed by atoms with Gasteiger partial charge in [-0.1, -0.05) is 38.1 Å². The van der Waals surface area contributed by atoms with Crippen molar-refractivity contribution in [2.75, 3.05) is 6.54 Å². The van der Waals surface area contributed by atoms with Crippen LogP contribution in [0, 0.1) is 0 Å². The molecule has 0 aliphatic rings. The van der Waals surface area contributed by atoms with Gasteiger partial charge in [-0.05, 0) is 49.4 Å². The molecule has 1 aromatic heterocycles. The predicted molar refractivity (Wildman–Crippen MR) is 88.5 cm³/mol. The molecule has 21 heavy (non-hydrogen) atoms. The average molecular weight is 285 g/mol. The number of aryl methyl sites for hydroxylation is 2. The minimum Gasteiger partial charge on any atom is -0.310 e. The molecular weight excluding hydrogens is 258 g/mol. The molecule has 114 valence electrons. The van der Waals surface area contributed by atoms with Crippen molar-refractivity contribution in [3.63, 3.8) is 0 Å². The van der Waals surface area contributed by atoms with E-state index in [1.54, 1.807) is 0 Å². The summed E-state index contributed by atoms with van der Waals surface area (Å²) in [5, 5.41) is 8.04. The van der Waals surface area contributed by atoms with E-state index in [0.29, 0.717) is 6.04 Å². The van der Waals surface area contributed by atoms with Gasteiger partial charge in [0, 0.05) is 18.8 Å². The van der Waals surface area contributed by atoms with Gasteiger partial charge in [0.25, 0.3) is 0 Å². The van der Waals surface area contributed by atoms with Crippen LogP contribution in [0.25, 0.3) is 0 Å². The summed E-state index contributed by atoms with van der Waals surface area (Å²) in [6.45, 7) is 8.49. The van der Waals surface area contributed by atoms with Crippen LogP contribution in [0.4, 0.5) is 0 Å². The highest BCUT2D eigenvalue weighted by Gasteiger charge is 2.12. The van der Waals surface area contributed by atoms with Crippen molar-refractivity contribution in [1.82, 2.24) is 15.1 Å². The maximum Gasteiger partial charge on any atom is 0.0522 e. The van der Waals surface area contributed by atoms with Gasteiger partial charge in [-0.3, -0.25) is 4.68 Å². The van der Waals surface area contributed by atoms with E-state index < -0.39 is 0 Å². The summed E-state index contributed by atoms with van der Waals surface area (Å²) in [7, 11) is 0. The lowest BCUT2D eigenvalue weighted by Crippen LogP contribution is -2.24. The molecule has 2 aromatic rings. The van der Waals surface area contributed by atoms with Crippen LogP contribution < -0.4 is 5.32 Å². The van der Waals surface area contributed by atoms with Gasteiger partial charge in [-0.2, -0.15) is 5.10 Å². The van der Waals surface area contributed by atoms with E-state index in [0.717, 1.165) is 32.4 Å². The van der Waals surface area contributed by atoms with Crippen LogP contribution in [0.2, 0.25) is 0 Å². The molecule has 3 nitrogen and oxygen atoms in total. The van der Waals surface area contributed by atoms with Crippen molar-refractivity contribution in [3.05, 3.63) is 53.3 Å². The summed E-state index contributed by atoms with van der Waals surface area (Å²) in [6.07, 6.45) is 7.38. The van der Waals surface area contributed by atoms with Crippen molar-refractivity contribution in [1.29, 1.82) is 0 Å². The Labute approximate surface area is 128 Å². The SMILES string of the molecule is CCCNC(Cc1cnn(CC)c1)c1ccc(CC)cc1. The summed E-state index contributed by atoms with van der Waals surface area (Å²) in [6, 6.07) is 9.37. The summed E-state index contributed by atoms with van der Waals surface area (Å²) in [5.74, 6) is 0. The number of nitrogens with one attached hydrogen (secondary N) is 1. The quantitative estimate of drug-likeness (QED) is 0.800. The molecule has 0 bridgehead atoms. The van der Waals surface area contributed by atoms with Crippen LogP contribution in [0.15, 0.2) is 36.7 Å². The van der Waals surface area contributed by atoms with E-state index in [4.69, 9.17) is 0 Å². The molecule has 1 heterocycles. The molecule has 0 saturated heterocycles. The fraction of sp³-hybridized carbons (Fsp3) is 0.500. The van der Waals surface area contributed by atoms with Crippen LogP contribution in [-0.2, 0) is 19.4 Å². The minimum atomic E-state index is 0.366. The minimum absolute atomic E-state index is 0.366. The highest BCUT2D eigenvalue weighted by molar-refractivity contribution is 5.26. The number of rotatable bonds is 8. The molecule has 0 saturated carbocycles. The highest BCUT2D eigenvalue weighted by atomic mass is 15.3. The summed E-state index contributed by atoms with van der Waals surface area (Å²) in [5.41, 5.74) is 4.06. The summed E-state index contributed by atoms with van der Waals surface area (Å²) >= 11 is 0. The Morgan fingerprint density at radius 2 is 1.86 bits per heavy atom. The van der Waals surface area contributed by atoms with E-state index in [2.05, 4.69) is 61.6 Å². The van der Waals surface area contributed by atoms with Gasteiger partial charge in [0.05, 0.1) is 6.20 Å². The smallest absolute Gasteiger partial charge is 0.0522 e. The first kappa shape index (κ1) is 15.8. The molecule has 0 aliphatic heterocycles. The predicted octanol–water partition coefficient (Wildman–Crippen LogP) is 3.75. The van der Waals surface area contributed by atoms with Crippen molar-refractivity contribution in [3.8, 4) is 0 Å². The molecule has 0 amide bonds. The zero-order chi connectivity index (χ0) is 15.1. The Morgan fingerprint density at radius 3 is 2.43 bits per heavy atom. The van der Waals surface area contributed by atoms with E-state index >= 15 is 0 Å². The Balaban J connectivity index is 2.12. The second-order valence-electron chi connectivity index (χ2n) is 5.51. The van der Waals surface area contributed by atoms with E-state index in [9.17, 15) is 0 Å². The lowest BCUT2D eigenvalue weighted by Gasteiger charge is -2.18. The van der Waals surface area contributed by atoms with Crippen molar-refractivity contribution < 1.29 is 0 Å². The van der Waals surface area contributed by atoms with Crippen molar-refractivity contribution >= 4 is 0 Å². The average Bonchev–Trinajstić information content (AvgIpc) is 2.99. The van der Waals surface area contributed by atoms with Crippen LogP contribution >= 0.6 is 0 Å². The Kier molecular flexibility index (Phi) is 6.00. The molecular formula is C18H27N3. The van der Waals surface area contributed by atoms with Gasteiger partial charge in [0.2, 0.25) is 0 Å². The number of hydrogen-bond acceptors (Lipinski definition) is 2. The molecule has 2 rings (SSSR count). The lowest BCUT2D eigenvalue weighted by atomic mass is 9.99. The van der Waals surface area contributed by atoms with Gasteiger partial charge < -0.3 is 5.32 Å². The van der Waals surface area contributed by atoms with E-state index in [-0.39, 0.29) is 0 Å². The van der Waals surface area contributed by atoms with Gasteiger partial charge >= 0.3 is 0 Å². The maximum atomic E-state index is 4.38. The zero-order valence-electron chi connectivity index (χ0n) is 13.5. The maximum absolute atomic E-state index is 4.38. The number of benzene rings is 1. The highest BCUT2D eigenvalue weighted by Crippen LogP contribution is 2.19. The molecule has 1 unspecified atom stereocenters. The molecule has 1 atom stereocenters. The van der Waals surface area contributed by atoms with Gasteiger partial charge in [0.1, 0.15) is 0 Å². The monoisotopic (exact) mass is 285 g/mol. The second-order valence-corrected chi connectivity index (χ2v) is 5.51. The summed E-state index contributed by atoms with van der Waals surface area (Å²) in [4.78, 5) is 0. The summed E-state index contributed by atoms with van der Waals surface area (Å²) < 4.78 is 1.99. The first-order chi connectivity index (χ1) is 10.3. The third-order valence-corrected chi connectivity index (χ3v) is 3.88.